The number of phenolic OH excluding ortho intramolecular Hbond substituents is 1. The molecule has 268 valence electrons. The number of imidazole rings is 1. The normalized spacial score (nSPS) is 13.1. The van der Waals surface area contributed by atoms with Gasteiger partial charge in [-0.15, -0.1) is 23.8 Å². The Morgan fingerprint density at radius 1 is 0.545 bits per heavy atom. The molecule has 0 amide bonds. The minimum Gasteiger partial charge on any atom is -0.507 e. The van der Waals surface area contributed by atoms with Crippen molar-refractivity contribution in [1.82, 2.24) is 14.5 Å². The van der Waals surface area contributed by atoms with E-state index in [1.54, 1.807) is 48.7 Å². The predicted molar refractivity (Wildman–Crippen MR) is 221 cm³/mol. The van der Waals surface area contributed by atoms with Crippen LogP contribution in [-0.4, -0.2) is 19.6 Å². The molecule has 7 aromatic carbocycles. The number of aromatic nitrogens is 3. The third-order valence-corrected chi connectivity index (χ3v) is 9.63. The van der Waals surface area contributed by atoms with Gasteiger partial charge >= 0.3 is 0 Å². The van der Waals surface area contributed by atoms with E-state index < -0.39 is 13.7 Å². The Morgan fingerprint density at radius 2 is 1.20 bits per heavy atom. The van der Waals surface area contributed by atoms with Crippen LogP contribution in [0.5, 0.6) is 5.75 Å². The summed E-state index contributed by atoms with van der Waals surface area (Å²) in [5.41, 5.74) is 11.0. The molecule has 1 N–H and O–H groups in total. The van der Waals surface area contributed by atoms with Crippen molar-refractivity contribution < 1.29 is 34.4 Å². The van der Waals surface area contributed by atoms with Crippen molar-refractivity contribution in [2.45, 2.75) is 13.7 Å². The summed E-state index contributed by atoms with van der Waals surface area (Å²) in [5, 5.41) is 11.3. The number of pyridine rings is 1. The molecule has 4 nitrogen and oxygen atoms in total. The Balaban J connectivity index is 0.00000514. The minimum absolute atomic E-state index is 0. The van der Waals surface area contributed by atoms with Gasteiger partial charge in [0.25, 0.3) is 0 Å². The van der Waals surface area contributed by atoms with E-state index in [2.05, 4.69) is 18.2 Å². The molecule has 0 spiro atoms. The molecule has 0 atom stereocenters. The molecule has 0 fully saturated rings. The second-order valence-electron chi connectivity index (χ2n) is 13.2. The monoisotopic (exact) mass is 895 g/mol. The average Bonchev–Trinajstić information content (AvgIpc) is 3.66. The number of hydrogen-bond donors (Lipinski definition) is 1. The number of phenols is 1. The summed E-state index contributed by atoms with van der Waals surface area (Å²) in [6, 6.07) is 56.5. The molecule has 0 aliphatic rings. The molecule has 0 saturated carbocycles. The van der Waals surface area contributed by atoms with Crippen molar-refractivity contribution >= 4 is 11.0 Å². The summed E-state index contributed by atoms with van der Waals surface area (Å²) in [5.74, 6) is 0.473. The molecule has 0 unspecified atom stereocenters. The molecule has 55 heavy (non-hydrogen) atoms. The van der Waals surface area contributed by atoms with Crippen molar-refractivity contribution in [2.75, 3.05) is 0 Å². The van der Waals surface area contributed by atoms with Gasteiger partial charge in [0.05, 0.1) is 16.6 Å². The van der Waals surface area contributed by atoms with Crippen LogP contribution in [0, 0.1) is 19.8 Å². The van der Waals surface area contributed by atoms with Crippen LogP contribution in [0.15, 0.2) is 176 Å². The van der Waals surface area contributed by atoms with Gasteiger partial charge in [0.2, 0.25) is 0 Å². The van der Waals surface area contributed by atoms with Gasteiger partial charge in [0, 0.05) is 46.9 Å². The molecular formula is C50H36N3OPt-. The maximum absolute atomic E-state index is 11.3. The van der Waals surface area contributed by atoms with Crippen molar-refractivity contribution in [3.63, 3.8) is 0 Å². The smallest absolute Gasteiger partial charge is 0.148 e. The van der Waals surface area contributed by atoms with Crippen LogP contribution >= 0.6 is 0 Å². The van der Waals surface area contributed by atoms with E-state index in [4.69, 9.17) is 18.2 Å². The fourth-order valence-electron chi connectivity index (χ4n) is 7.03. The number of nitrogens with zero attached hydrogens (tertiary/aromatic N) is 3. The Bertz CT molecular complexity index is 3020. The molecule has 0 aliphatic heterocycles. The standard InChI is InChI=1S/C50H36N3O.Pt/c1-33-20-22-37(23-21-33)38-24-25-51-46(32-38)42-29-40(36-14-7-4-8-15-36)28-41(30-42)44-17-11-18-47-49(44)52-50(45-16-9-10-19-48(45)54)53(47)43-27-34(2)26-39(31-43)35-12-5-3-6-13-35;/h3-29,31-32,54H,1-2H3;/q-1;/i1D3,2D3;. The minimum atomic E-state index is -2.40. The van der Waals surface area contributed by atoms with E-state index in [0.29, 0.717) is 33.8 Å². The summed E-state index contributed by atoms with van der Waals surface area (Å²) in [4.78, 5) is 10.0. The summed E-state index contributed by atoms with van der Waals surface area (Å²) in [6.45, 7) is -4.59. The van der Waals surface area contributed by atoms with Crippen LogP contribution in [0.25, 0.3) is 83.9 Å². The molecule has 0 bridgehead atoms. The number of rotatable bonds is 7. The van der Waals surface area contributed by atoms with E-state index in [-0.39, 0.29) is 37.9 Å². The molecule has 2 heterocycles. The van der Waals surface area contributed by atoms with Gasteiger partial charge in [-0.05, 0) is 83.5 Å². The fourth-order valence-corrected chi connectivity index (χ4v) is 7.03. The second-order valence-corrected chi connectivity index (χ2v) is 13.2. The summed E-state index contributed by atoms with van der Waals surface area (Å²) in [7, 11) is 0. The first-order chi connectivity index (χ1) is 28.9. The quantitative estimate of drug-likeness (QED) is 0.162. The Kier molecular flexibility index (Phi) is 8.02. The molecule has 0 aliphatic carbocycles. The van der Waals surface area contributed by atoms with Gasteiger partial charge in [0.15, 0.2) is 0 Å². The predicted octanol–water partition coefficient (Wildman–Crippen LogP) is 12.5. The van der Waals surface area contributed by atoms with E-state index in [1.807, 2.05) is 120 Å². The van der Waals surface area contributed by atoms with Crippen molar-refractivity contribution in [3.8, 4) is 78.6 Å². The van der Waals surface area contributed by atoms with Crippen molar-refractivity contribution in [3.05, 3.63) is 193 Å². The summed E-state index contributed by atoms with van der Waals surface area (Å²) >= 11 is 0. The van der Waals surface area contributed by atoms with Gasteiger partial charge in [0.1, 0.15) is 11.6 Å². The molecule has 5 heteroatoms. The number of aromatic hydroxyl groups is 1. The molecule has 9 rings (SSSR count). The van der Waals surface area contributed by atoms with E-state index in [9.17, 15) is 5.11 Å². The summed E-state index contributed by atoms with van der Waals surface area (Å²) in [6.07, 6.45) is 1.74. The topological polar surface area (TPSA) is 50.9 Å². The van der Waals surface area contributed by atoms with Crippen LogP contribution in [-0.2, 0) is 21.1 Å². The van der Waals surface area contributed by atoms with Crippen LogP contribution in [0.3, 0.4) is 0 Å². The molecule has 9 aromatic rings. The van der Waals surface area contributed by atoms with Crippen LogP contribution in [0.1, 0.15) is 19.4 Å². The van der Waals surface area contributed by atoms with Crippen LogP contribution in [0.2, 0.25) is 0 Å². The number of para-hydroxylation sites is 2. The Hall–Kier alpha value is -6.35. The third kappa shape index (κ3) is 7.05. The fraction of sp³-hybridized carbons (Fsp3) is 0.0400. The van der Waals surface area contributed by atoms with E-state index >= 15 is 0 Å². The van der Waals surface area contributed by atoms with Gasteiger partial charge < -0.3 is 5.11 Å². The molecule has 2 aromatic heterocycles. The summed E-state index contributed by atoms with van der Waals surface area (Å²) < 4.78 is 50.6. The maximum Gasteiger partial charge on any atom is 0.148 e. The first-order valence-electron chi connectivity index (χ1n) is 20.6. The largest absolute Gasteiger partial charge is 0.507 e. The van der Waals surface area contributed by atoms with E-state index in [0.717, 1.165) is 50.1 Å². The molecular weight excluding hydrogens is 854 g/mol. The Labute approximate surface area is 344 Å². The second kappa shape index (κ2) is 15.2. The first-order valence-corrected chi connectivity index (χ1v) is 17.6. The number of aryl methyl sites for hydroxylation is 2. The van der Waals surface area contributed by atoms with E-state index in [1.165, 1.54) is 0 Å². The SMILES string of the molecule is [2H]C([2H])([2H])c1ccc(-c2ccnc(-c3[c-]c(-c4cccc5c4nc(-c4ccccc4O)n5-c4cc(-c5ccccc5)cc(C([2H])([2H])[2H])c4)cc(-c4ccccc4)c3)c2)cc1.[Pt]. The average molecular weight is 896 g/mol. The van der Waals surface area contributed by atoms with Crippen molar-refractivity contribution in [2.24, 2.45) is 0 Å². The Morgan fingerprint density at radius 3 is 1.93 bits per heavy atom. The van der Waals surface area contributed by atoms with Crippen molar-refractivity contribution in [1.29, 1.82) is 0 Å². The zero-order valence-corrected chi connectivity index (χ0v) is 31.6. The number of benzene rings is 7. The first kappa shape index (κ1) is 29.1. The van der Waals surface area contributed by atoms with Crippen LogP contribution in [0.4, 0.5) is 0 Å². The maximum atomic E-state index is 11.3. The molecule has 0 radical (unpaired) electrons. The van der Waals surface area contributed by atoms with Gasteiger partial charge in [-0.3, -0.25) is 9.55 Å². The number of hydrogen-bond acceptors (Lipinski definition) is 3. The van der Waals surface area contributed by atoms with Gasteiger partial charge in [-0.25, -0.2) is 4.98 Å². The third-order valence-electron chi connectivity index (χ3n) is 9.63. The van der Waals surface area contributed by atoms with Gasteiger partial charge in [-0.2, -0.15) is 0 Å². The van der Waals surface area contributed by atoms with Crippen LogP contribution < -0.4 is 0 Å². The number of fused-ring (bicyclic) bond motifs is 1. The zero-order valence-electron chi connectivity index (χ0n) is 35.3. The molecule has 0 saturated heterocycles. The zero-order chi connectivity index (χ0) is 41.6. The van der Waals surface area contributed by atoms with Gasteiger partial charge in [-0.1, -0.05) is 144 Å².